The van der Waals surface area contributed by atoms with E-state index in [0.29, 0.717) is 0 Å². The van der Waals surface area contributed by atoms with Gasteiger partial charge in [0.15, 0.2) is 0 Å². The van der Waals surface area contributed by atoms with Crippen molar-refractivity contribution in [2.75, 3.05) is 9.80 Å². The van der Waals surface area contributed by atoms with E-state index in [1.165, 1.54) is 70.1 Å². The summed E-state index contributed by atoms with van der Waals surface area (Å²) in [4.78, 5) is 4.95. The third-order valence-corrected chi connectivity index (χ3v) is 12.5. The number of rotatable bonds is 6. The fourth-order valence-corrected chi connectivity index (χ4v) is 9.87. The summed E-state index contributed by atoms with van der Waals surface area (Å²) in [6.07, 6.45) is 7.24. The van der Waals surface area contributed by atoms with Crippen LogP contribution in [0.3, 0.4) is 0 Å². The van der Waals surface area contributed by atoms with Crippen LogP contribution in [0.1, 0.15) is 17.0 Å². The van der Waals surface area contributed by atoms with Gasteiger partial charge in [-0.25, -0.2) is 0 Å². The van der Waals surface area contributed by atoms with Crippen LogP contribution in [0.15, 0.2) is 206 Å². The molecule has 2 unspecified atom stereocenters. The van der Waals surface area contributed by atoms with E-state index in [-0.39, 0.29) is 12.0 Å². The van der Waals surface area contributed by atoms with Crippen LogP contribution in [0.2, 0.25) is 0 Å². The maximum absolute atomic E-state index is 2.53. The van der Waals surface area contributed by atoms with Gasteiger partial charge in [-0.2, -0.15) is 0 Å². The monoisotopic (exact) mass is 720 g/mol. The van der Waals surface area contributed by atoms with Gasteiger partial charge in [0.25, 0.3) is 0 Å². The van der Waals surface area contributed by atoms with Crippen molar-refractivity contribution in [1.82, 2.24) is 0 Å². The Bertz CT molecular complexity index is 2950. The summed E-state index contributed by atoms with van der Waals surface area (Å²) in [5, 5.41) is 5.09. The minimum absolute atomic E-state index is 0.163. The Balaban J connectivity index is 1.00. The molecule has 0 saturated heterocycles. The molecule has 0 fully saturated rings. The summed E-state index contributed by atoms with van der Waals surface area (Å²) in [5.41, 5.74) is 12.2. The lowest BCUT2D eigenvalue weighted by Crippen LogP contribution is -2.29. The van der Waals surface area contributed by atoms with Crippen molar-refractivity contribution in [1.29, 1.82) is 0 Å². The smallest absolute Gasteiger partial charge is 0.0635 e. The van der Waals surface area contributed by atoms with Gasteiger partial charge in [-0.3, -0.25) is 0 Å². The number of benzene rings is 8. The molecule has 0 saturated carbocycles. The molecule has 0 N–H and O–H groups in total. The van der Waals surface area contributed by atoms with Crippen molar-refractivity contribution in [3.63, 3.8) is 0 Å². The standard InChI is InChI=1S/C52H36N2S/c1-2-11-35(12-3-1)37-21-25-41(26-22-37)54-49-19-8-6-17-45(49)46-29-24-40(33-50(46)54)39-15-10-16-42(32-39)53(43-27-23-36-13-4-5-14-38(36)31-43)44-28-30-48-47-18-7-9-20-51(47)55-52(48)34-44/h1-34,46,50H. The minimum atomic E-state index is 0.163. The number of thiophene rings is 1. The molecule has 1 aliphatic heterocycles. The van der Waals surface area contributed by atoms with Gasteiger partial charge in [0, 0.05) is 54.5 Å². The number of fused-ring (bicyclic) bond motifs is 7. The molecule has 1 aromatic heterocycles. The highest BCUT2D eigenvalue weighted by Crippen LogP contribution is 2.50. The normalized spacial score (nSPS) is 16.0. The maximum Gasteiger partial charge on any atom is 0.0635 e. The molecule has 0 bridgehead atoms. The van der Waals surface area contributed by atoms with Crippen molar-refractivity contribution in [2.45, 2.75) is 12.0 Å². The first-order valence-electron chi connectivity index (χ1n) is 19.0. The third kappa shape index (κ3) is 5.47. The number of nitrogens with zero attached hydrogens (tertiary/aromatic N) is 2. The Morgan fingerprint density at radius 1 is 0.473 bits per heavy atom. The molecule has 2 atom stereocenters. The molecule has 3 heteroatoms. The molecule has 8 aromatic carbocycles. The van der Waals surface area contributed by atoms with Crippen LogP contribution < -0.4 is 9.80 Å². The second-order valence-electron chi connectivity index (χ2n) is 14.5. The van der Waals surface area contributed by atoms with E-state index in [1.807, 2.05) is 11.3 Å². The number of para-hydroxylation sites is 1. The topological polar surface area (TPSA) is 6.48 Å². The van der Waals surface area contributed by atoms with E-state index in [9.17, 15) is 0 Å². The van der Waals surface area contributed by atoms with Gasteiger partial charge in [-0.1, -0.05) is 146 Å². The molecule has 1 aliphatic carbocycles. The van der Waals surface area contributed by atoms with Gasteiger partial charge >= 0.3 is 0 Å². The largest absolute Gasteiger partial charge is 0.333 e. The Morgan fingerprint density at radius 3 is 2.07 bits per heavy atom. The SMILES string of the molecule is C1=CC2c3ccccc3N(c3ccc(-c4ccccc4)cc3)C2C=C1c1cccc(N(c2ccc3ccccc3c2)c2ccc3c(c2)sc2ccccc23)c1. The van der Waals surface area contributed by atoms with Crippen molar-refractivity contribution in [3.05, 3.63) is 217 Å². The van der Waals surface area contributed by atoms with Gasteiger partial charge in [-0.15, -0.1) is 11.3 Å². The predicted octanol–water partition coefficient (Wildman–Crippen LogP) is 14.6. The molecule has 9 aromatic rings. The van der Waals surface area contributed by atoms with E-state index < -0.39 is 0 Å². The molecule has 11 rings (SSSR count). The lowest BCUT2D eigenvalue weighted by Gasteiger charge is -2.30. The molecule has 0 radical (unpaired) electrons. The van der Waals surface area contributed by atoms with Gasteiger partial charge in [0.05, 0.1) is 6.04 Å². The highest BCUT2D eigenvalue weighted by Gasteiger charge is 2.38. The molecule has 55 heavy (non-hydrogen) atoms. The summed E-state index contributed by atoms with van der Waals surface area (Å²) in [6, 6.07) is 69.0. The fourth-order valence-electron chi connectivity index (χ4n) is 8.73. The number of hydrogen-bond acceptors (Lipinski definition) is 3. The van der Waals surface area contributed by atoms with Gasteiger partial charge < -0.3 is 9.80 Å². The Kier molecular flexibility index (Phi) is 7.53. The second kappa shape index (κ2) is 13.0. The van der Waals surface area contributed by atoms with Crippen LogP contribution in [0.25, 0.3) is 47.6 Å². The first-order valence-corrected chi connectivity index (χ1v) is 19.8. The number of hydrogen-bond donors (Lipinski definition) is 0. The molecule has 2 aliphatic rings. The lowest BCUT2D eigenvalue weighted by atomic mass is 9.86. The summed E-state index contributed by atoms with van der Waals surface area (Å²) < 4.78 is 2.61. The molecular weight excluding hydrogens is 685 g/mol. The van der Waals surface area contributed by atoms with E-state index in [1.54, 1.807) is 0 Å². The summed E-state index contributed by atoms with van der Waals surface area (Å²) >= 11 is 1.86. The molecule has 0 amide bonds. The second-order valence-corrected chi connectivity index (χ2v) is 15.6. The number of allylic oxidation sites excluding steroid dienone is 2. The van der Waals surface area contributed by atoms with Gasteiger partial charge in [-0.05, 0) is 99.3 Å². The van der Waals surface area contributed by atoms with Crippen molar-refractivity contribution in [3.8, 4) is 11.1 Å². The summed E-state index contributed by atoms with van der Waals surface area (Å²) in [5.74, 6) is 0.277. The highest BCUT2D eigenvalue weighted by atomic mass is 32.1. The third-order valence-electron chi connectivity index (χ3n) is 11.4. The predicted molar refractivity (Wildman–Crippen MR) is 236 cm³/mol. The molecule has 0 spiro atoms. The first-order chi connectivity index (χ1) is 27.2. The van der Waals surface area contributed by atoms with Crippen molar-refractivity contribution < 1.29 is 0 Å². The van der Waals surface area contributed by atoms with Crippen LogP contribution in [0.5, 0.6) is 0 Å². The zero-order chi connectivity index (χ0) is 36.3. The first kappa shape index (κ1) is 31.8. The van der Waals surface area contributed by atoms with Gasteiger partial charge in [0.1, 0.15) is 0 Å². The number of anilines is 5. The van der Waals surface area contributed by atoms with E-state index in [2.05, 4.69) is 216 Å². The molecular formula is C52H36N2S. The maximum atomic E-state index is 2.53. The average molecular weight is 721 g/mol. The minimum Gasteiger partial charge on any atom is -0.333 e. The van der Waals surface area contributed by atoms with Crippen LogP contribution >= 0.6 is 11.3 Å². The van der Waals surface area contributed by atoms with Crippen molar-refractivity contribution in [2.24, 2.45) is 0 Å². The van der Waals surface area contributed by atoms with E-state index >= 15 is 0 Å². The van der Waals surface area contributed by atoms with E-state index in [4.69, 9.17) is 0 Å². The lowest BCUT2D eigenvalue weighted by molar-refractivity contribution is 0.747. The van der Waals surface area contributed by atoms with Crippen LogP contribution in [0, 0.1) is 0 Å². The zero-order valence-corrected chi connectivity index (χ0v) is 30.9. The highest BCUT2D eigenvalue weighted by molar-refractivity contribution is 7.25. The quantitative estimate of drug-likeness (QED) is 0.169. The molecule has 2 nitrogen and oxygen atoms in total. The van der Waals surface area contributed by atoms with Crippen LogP contribution in [0.4, 0.5) is 28.4 Å². The summed E-state index contributed by atoms with van der Waals surface area (Å²) in [6.45, 7) is 0. The van der Waals surface area contributed by atoms with Crippen molar-refractivity contribution >= 4 is 76.3 Å². The fraction of sp³-hybridized carbons (Fsp3) is 0.0385. The Hall–Kier alpha value is -6.68. The zero-order valence-electron chi connectivity index (χ0n) is 30.1. The van der Waals surface area contributed by atoms with Gasteiger partial charge in [0.2, 0.25) is 0 Å². The summed E-state index contributed by atoms with van der Waals surface area (Å²) in [7, 11) is 0. The Labute approximate surface area is 325 Å². The van der Waals surface area contributed by atoms with Crippen LogP contribution in [-0.2, 0) is 0 Å². The van der Waals surface area contributed by atoms with E-state index in [0.717, 1.165) is 17.1 Å². The average Bonchev–Trinajstić information content (AvgIpc) is 3.79. The Morgan fingerprint density at radius 2 is 1.16 bits per heavy atom. The van der Waals surface area contributed by atoms with Crippen LogP contribution in [-0.4, -0.2) is 6.04 Å². The molecule has 260 valence electrons. The molecule has 2 heterocycles.